The first-order valence-electron chi connectivity index (χ1n) is 9.89. The SMILES string of the molecule is CCOC(CCNC(=NC)NCc1ccccc1OCCN(C)C)C(C)C.I. The first-order chi connectivity index (χ1) is 13.0. The Morgan fingerprint density at radius 1 is 1.18 bits per heavy atom. The number of benzene rings is 1. The Hall–Kier alpha value is -1.06. The number of para-hydroxylation sites is 1. The number of halogens is 1. The van der Waals surface area contributed by atoms with Gasteiger partial charge in [-0.15, -0.1) is 24.0 Å². The van der Waals surface area contributed by atoms with Gasteiger partial charge >= 0.3 is 0 Å². The number of hydrogen-bond donors (Lipinski definition) is 2. The van der Waals surface area contributed by atoms with Crippen molar-refractivity contribution in [2.75, 3.05) is 47.4 Å². The third-order valence-corrected chi connectivity index (χ3v) is 4.28. The molecule has 0 radical (unpaired) electrons. The Morgan fingerprint density at radius 3 is 2.50 bits per heavy atom. The van der Waals surface area contributed by atoms with Crippen LogP contribution in [0.5, 0.6) is 5.75 Å². The number of guanidine groups is 1. The molecule has 6 nitrogen and oxygen atoms in total. The smallest absolute Gasteiger partial charge is 0.191 e. The van der Waals surface area contributed by atoms with Gasteiger partial charge in [-0.05, 0) is 39.4 Å². The van der Waals surface area contributed by atoms with E-state index in [0.29, 0.717) is 19.1 Å². The molecule has 0 fully saturated rings. The standard InChI is InChI=1S/C21H38N4O2.HI/c1-7-26-19(17(2)3)12-13-23-21(22-4)24-16-18-10-8-9-11-20(18)27-15-14-25(5)6;/h8-11,17,19H,7,12-16H2,1-6H3,(H2,22,23,24);1H. The van der Waals surface area contributed by atoms with Gasteiger partial charge in [0.05, 0.1) is 6.10 Å². The lowest BCUT2D eigenvalue weighted by Gasteiger charge is -2.21. The second-order valence-corrected chi connectivity index (χ2v) is 7.14. The maximum Gasteiger partial charge on any atom is 0.191 e. The Balaban J connectivity index is 0.00000729. The topological polar surface area (TPSA) is 58.1 Å². The van der Waals surface area contributed by atoms with Crippen molar-refractivity contribution in [1.82, 2.24) is 15.5 Å². The summed E-state index contributed by atoms with van der Waals surface area (Å²) >= 11 is 0. The van der Waals surface area contributed by atoms with Gasteiger partial charge in [0.2, 0.25) is 0 Å². The van der Waals surface area contributed by atoms with Crippen LogP contribution in [0.3, 0.4) is 0 Å². The predicted molar refractivity (Wildman–Crippen MR) is 129 cm³/mol. The first-order valence-corrected chi connectivity index (χ1v) is 9.89. The highest BCUT2D eigenvalue weighted by molar-refractivity contribution is 14.0. The molecule has 1 rings (SSSR count). The zero-order chi connectivity index (χ0) is 20.1. The van der Waals surface area contributed by atoms with Crippen LogP contribution in [0.15, 0.2) is 29.3 Å². The summed E-state index contributed by atoms with van der Waals surface area (Å²) in [7, 11) is 5.88. The van der Waals surface area contributed by atoms with E-state index in [1.165, 1.54) is 0 Å². The summed E-state index contributed by atoms with van der Waals surface area (Å²) in [6.45, 7) is 10.2. The van der Waals surface area contributed by atoms with Crippen LogP contribution in [0.1, 0.15) is 32.8 Å². The highest BCUT2D eigenvalue weighted by atomic mass is 127. The summed E-state index contributed by atoms with van der Waals surface area (Å²) in [5, 5.41) is 6.74. The molecule has 28 heavy (non-hydrogen) atoms. The summed E-state index contributed by atoms with van der Waals surface area (Å²) in [4.78, 5) is 6.42. The molecule has 0 aliphatic heterocycles. The van der Waals surface area contributed by atoms with E-state index in [0.717, 1.165) is 43.4 Å². The Labute approximate surface area is 188 Å². The predicted octanol–water partition coefficient (Wildman–Crippen LogP) is 3.36. The van der Waals surface area contributed by atoms with Gasteiger partial charge in [-0.3, -0.25) is 4.99 Å². The van der Waals surface area contributed by atoms with Crippen LogP contribution in [0, 0.1) is 5.92 Å². The molecule has 1 unspecified atom stereocenters. The first kappa shape index (κ1) is 26.9. The van der Waals surface area contributed by atoms with E-state index in [9.17, 15) is 0 Å². The minimum Gasteiger partial charge on any atom is -0.492 e. The van der Waals surface area contributed by atoms with Crippen molar-refractivity contribution < 1.29 is 9.47 Å². The molecule has 0 heterocycles. The highest BCUT2D eigenvalue weighted by Gasteiger charge is 2.13. The zero-order valence-corrected chi connectivity index (χ0v) is 20.7. The summed E-state index contributed by atoms with van der Waals surface area (Å²) < 4.78 is 11.7. The van der Waals surface area contributed by atoms with Crippen LogP contribution in [0.25, 0.3) is 0 Å². The average molecular weight is 506 g/mol. The highest BCUT2D eigenvalue weighted by Crippen LogP contribution is 2.17. The lowest BCUT2D eigenvalue weighted by Crippen LogP contribution is -2.39. The number of aliphatic imine (C=N–C) groups is 1. The molecular weight excluding hydrogens is 467 g/mol. The molecule has 0 bridgehead atoms. The summed E-state index contributed by atoms with van der Waals surface area (Å²) in [5.74, 6) is 2.21. The lowest BCUT2D eigenvalue weighted by atomic mass is 10.0. The van der Waals surface area contributed by atoms with Crippen LogP contribution < -0.4 is 15.4 Å². The molecule has 0 amide bonds. The van der Waals surface area contributed by atoms with Crippen LogP contribution in [-0.4, -0.2) is 64.4 Å². The van der Waals surface area contributed by atoms with E-state index in [-0.39, 0.29) is 30.1 Å². The molecule has 0 saturated heterocycles. The van der Waals surface area contributed by atoms with Gasteiger partial charge in [-0.2, -0.15) is 0 Å². The maximum atomic E-state index is 5.92. The Kier molecular flexibility index (Phi) is 15.2. The van der Waals surface area contributed by atoms with Gasteiger partial charge < -0.3 is 25.0 Å². The van der Waals surface area contributed by atoms with Gasteiger partial charge in [0, 0.05) is 38.9 Å². The van der Waals surface area contributed by atoms with E-state index in [1.807, 2.05) is 39.2 Å². The van der Waals surface area contributed by atoms with Crippen molar-refractivity contribution >= 4 is 29.9 Å². The summed E-state index contributed by atoms with van der Waals surface area (Å²) in [6, 6.07) is 8.12. The number of nitrogens with one attached hydrogen (secondary N) is 2. The van der Waals surface area contributed by atoms with Crippen molar-refractivity contribution in [3.8, 4) is 5.75 Å². The second-order valence-electron chi connectivity index (χ2n) is 7.14. The van der Waals surface area contributed by atoms with Gasteiger partial charge in [-0.1, -0.05) is 32.0 Å². The van der Waals surface area contributed by atoms with Gasteiger partial charge in [0.15, 0.2) is 5.96 Å². The molecule has 0 spiro atoms. The normalized spacial score (nSPS) is 12.6. The van der Waals surface area contributed by atoms with E-state index in [1.54, 1.807) is 7.05 Å². The fourth-order valence-corrected chi connectivity index (χ4v) is 2.68. The molecule has 0 saturated carbocycles. The van der Waals surface area contributed by atoms with Crippen LogP contribution >= 0.6 is 24.0 Å². The maximum absolute atomic E-state index is 5.92. The third kappa shape index (κ3) is 11.1. The molecule has 1 aromatic carbocycles. The van der Waals surface area contributed by atoms with Gasteiger partial charge in [-0.25, -0.2) is 0 Å². The third-order valence-electron chi connectivity index (χ3n) is 4.28. The van der Waals surface area contributed by atoms with Crippen molar-refractivity contribution in [2.45, 2.75) is 39.8 Å². The van der Waals surface area contributed by atoms with Crippen molar-refractivity contribution in [2.24, 2.45) is 10.9 Å². The molecular formula is C21H39IN4O2. The molecule has 1 atom stereocenters. The number of ether oxygens (including phenoxy) is 2. The quantitative estimate of drug-likeness (QED) is 0.259. The van der Waals surface area contributed by atoms with Crippen molar-refractivity contribution in [1.29, 1.82) is 0 Å². The second kappa shape index (κ2) is 15.8. The van der Waals surface area contributed by atoms with Crippen molar-refractivity contribution in [3.05, 3.63) is 29.8 Å². The minimum atomic E-state index is 0. The average Bonchev–Trinajstić information content (AvgIpc) is 2.64. The van der Waals surface area contributed by atoms with Gasteiger partial charge in [0.1, 0.15) is 12.4 Å². The number of hydrogen-bond acceptors (Lipinski definition) is 4. The van der Waals surface area contributed by atoms with Gasteiger partial charge in [0.25, 0.3) is 0 Å². The number of likely N-dealkylation sites (N-methyl/N-ethyl adjacent to an activating group) is 1. The monoisotopic (exact) mass is 506 g/mol. The molecule has 0 aliphatic rings. The number of rotatable bonds is 12. The summed E-state index contributed by atoms with van der Waals surface area (Å²) in [5.41, 5.74) is 1.12. The van der Waals surface area contributed by atoms with Crippen molar-refractivity contribution in [3.63, 3.8) is 0 Å². The molecule has 2 N–H and O–H groups in total. The fourth-order valence-electron chi connectivity index (χ4n) is 2.68. The van der Waals surface area contributed by atoms with E-state index >= 15 is 0 Å². The van der Waals surface area contributed by atoms with E-state index in [4.69, 9.17) is 9.47 Å². The minimum absolute atomic E-state index is 0. The number of nitrogens with zero attached hydrogens (tertiary/aromatic N) is 2. The largest absolute Gasteiger partial charge is 0.492 e. The summed E-state index contributed by atoms with van der Waals surface area (Å²) in [6.07, 6.45) is 1.22. The van der Waals surface area contributed by atoms with Crippen LogP contribution in [0.4, 0.5) is 0 Å². The molecule has 7 heteroatoms. The Morgan fingerprint density at radius 2 is 1.89 bits per heavy atom. The zero-order valence-electron chi connectivity index (χ0n) is 18.3. The molecule has 0 aromatic heterocycles. The van der Waals surface area contributed by atoms with E-state index < -0.39 is 0 Å². The molecule has 0 aliphatic carbocycles. The molecule has 1 aromatic rings. The van der Waals surface area contributed by atoms with Crippen LogP contribution in [-0.2, 0) is 11.3 Å². The Bertz CT molecular complexity index is 553. The fraction of sp³-hybridized carbons (Fsp3) is 0.667. The molecule has 162 valence electrons. The lowest BCUT2D eigenvalue weighted by molar-refractivity contribution is 0.0258. The van der Waals surface area contributed by atoms with Crippen LogP contribution in [0.2, 0.25) is 0 Å². The van der Waals surface area contributed by atoms with E-state index in [2.05, 4.69) is 40.4 Å².